The lowest BCUT2D eigenvalue weighted by molar-refractivity contribution is 0.155. The maximum Gasteiger partial charge on any atom is 0.319 e. The second kappa shape index (κ2) is 7.92. The number of anilines is 1. The summed E-state index contributed by atoms with van der Waals surface area (Å²) >= 11 is 5.84. The standard InChI is InChI=1S/C22H20ClN3O2/c23-15-9-11-16(12-10-15)25-22(28)24-13-17(27)14-26-20-7-3-1-5-18(20)19-6-2-4-8-21(19)26/h1-12,17,27H,13-14H2,(H2,24,25,28). The third kappa shape index (κ3) is 3.81. The van der Waals surface area contributed by atoms with E-state index in [1.54, 1.807) is 24.3 Å². The zero-order valence-electron chi connectivity index (χ0n) is 15.1. The van der Waals surface area contributed by atoms with Crippen molar-refractivity contribution in [2.24, 2.45) is 0 Å². The van der Waals surface area contributed by atoms with Gasteiger partial charge in [-0.15, -0.1) is 0 Å². The van der Waals surface area contributed by atoms with E-state index in [4.69, 9.17) is 11.6 Å². The molecule has 0 spiro atoms. The average Bonchev–Trinajstić information content (AvgIpc) is 3.02. The Labute approximate surface area is 167 Å². The normalized spacial score (nSPS) is 12.2. The van der Waals surface area contributed by atoms with E-state index in [1.165, 1.54) is 0 Å². The number of aliphatic hydroxyl groups excluding tert-OH is 1. The van der Waals surface area contributed by atoms with Gasteiger partial charge in [-0.05, 0) is 36.4 Å². The van der Waals surface area contributed by atoms with Crippen molar-refractivity contribution in [1.29, 1.82) is 0 Å². The van der Waals surface area contributed by atoms with Crippen LogP contribution in [-0.2, 0) is 6.54 Å². The number of benzene rings is 3. The van der Waals surface area contributed by atoms with Gasteiger partial charge in [0.1, 0.15) is 0 Å². The molecule has 3 aromatic carbocycles. The smallest absolute Gasteiger partial charge is 0.319 e. The van der Waals surface area contributed by atoms with Gasteiger partial charge in [-0.2, -0.15) is 0 Å². The quantitative estimate of drug-likeness (QED) is 0.462. The highest BCUT2D eigenvalue weighted by Crippen LogP contribution is 2.28. The summed E-state index contributed by atoms with van der Waals surface area (Å²) in [5.74, 6) is 0. The van der Waals surface area contributed by atoms with Crippen molar-refractivity contribution >= 4 is 45.1 Å². The highest BCUT2D eigenvalue weighted by Gasteiger charge is 2.14. The number of para-hydroxylation sites is 2. The minimum Gasteiger partial charge on any atom is -0.389 e. The Morgan fingerprint density at radius 2 is 1.50 bits per heavy atom. The van der Waals surface area contributed by atoms with Gasteiger partial charge < -0.3 is 20.3 Å². The molecule has 0 bridgehead atoms. The molecule has 4 aromatic rings. The van der Waals surface area contributed by atoms with E-state index in [-0.39, 0.29) is 12.6 Å². The zero-order chi connectivity index (χ0) is 19.5. The van der Waals surface area contributed by atoms with Gasteiger partial charge in [0.2, 0.25) is 0 Å². The van der Waals surface area contributed by atoms with Crippen molar-refractivity contribution in [3.05, 3.63) is 77.8 Å². The van der Waals surface area contributed by atoms with Crippen molar-refractivity contribution in [3.63, 3.8) is 0 Å². The highest BCUT2D eigenvalue weighted by atomic mass is 35.5. The largest absolute Gasteiger partial charge is 0.389 e. The van der Waals surface area contributed by atoms with E-state index in [9.17, 15) is 9.90 Å². The number of fused-ring (bicyclic) bond motifs is 3. The Balaban J connectivity index is 1.44. The molecule has 142 valence electrons. The molecule has 4 rings (SSSR count). The molecule has 1 atom stereocenters. The summed E-state index contributed by atoms with van der Waals surface area (Å²) < 4.78 is 2.09. The van der Waals surface area contributed by atoms with Crippen molar-refractivity contribution in [2.45, 2.75) is 12.6 Å². The molecule has 0 saturated carbocycles. The molecular formula is C22H20ClN3O2. The first-order valence-electron chi connectivity index (χ1n) is 9.06. The Bertz CT molecular complexity index is 1070. The number of aliphatic hydroxyl groups is 1. The van der Waals surface area contributed by atoms with Gasteiger partial charge in [-0.1, -0.05) is 48.0 Å². The van der Waals surface area contributed by atoms with Gasteiger partial charge in [-0.25, -0.2) is 4.79 Å². The van der Waals surface area contributed by atoms with E-state index in [0.29, 0.717) is 17.3 Å². The van der Waals surface area contributed by atoms with Crippen LogP contribution in [0.1, 0.15) is 0 Å². The second-order valence-electron chi connectivity index (χ2n) is 6.64. The maximum absolute atomic E-state index is 12.1. The molecule has 0 aliphatic carbocycles. The number of urea groups is 1. The first-order valence-corrected chi connectivity index (χ1v) is 9.44. The monoisotopic (exact) mass is 393 g/mol. The number of hydrogen-bond donors (Lipinski definition) is 3. The molecule has 0 radical (unpaired) electrons. The SMILES string of the molecule is O=C(NCC(O)Cn1c2ccccc2c2ccccc21)Nc1ccc(Cl)cc1. The van der Waals surface area contributed by atoms with Crippen LogP contribution in [0.15, 0.2) is 72.8 Å². The molecule has 2 amide bonds. The fraction of sp³-hybridized carbons (Fsp3) is 0.136. The van der Waals surface area contributed by atoms with E-state index in [1.807, 2.05) is 36.4 Å². The topological polar surface area (TPSA) is 66.3 Å². The summed E-state index contributed by atoms with van der Waals surface area (Å²) in [6, 6.07) is 22.7. The van der Waals surface area contributed by atoms with Crippen molar-refractivity contribution in [1.82, 2.24) is 9.88 Å². The number of carbonyl (C=O) groups is 1. The third-order valence-corrected chi connectivity index (χ3v) is 4.93. The second-order valence-corrected chi connectivity index (χ2v) is 7.08. The number of amides is 2. The molecule has 0 fully saturated rings. The fourth-order valence-electron chi connectivity index (χ4n) is 3.39. The summed E-state index contributed by atoms with van der Waals surface area (Å²) in [6.45, 7) is 0.523. The minimum atomic E-state index is -0.727. The highest BCUT2D eigenvalue weighted by molar-refractivity contribution is 6.30. The van der Waals surface area contributed by atoms with E-state index < -0.39 is 6.10 Å². The lowest BCUT2D eigenvalue weighted by Gasteiger charge is -2.15. The van der Waals surface area contributed by atoms with Crippen LogP contribution >= 0.6 is 11.6 Å². The van der Waals surface area contributed by atoms with Crippen molar-refractivity contribution < 1.29 is 9.90 Å². The van der Waals surface area contributed by atoms with Crippen LogP contribution in [-0.4, -0.2) is 28.4 Å². The molecule has 3 N–H and O–H groups in total. The third-order valence-electron chi connectivity index (χ3n) is 4.67. The minimum absolute atomic E-state index is 0.139. The number of rotatable bonds is 5. The van der Waals surface area contributed by atoms with Crippen LogP contribution in [0.2, 0.25) is 5.02 Å². The molecule has 5 nitrogen and oxygen atoms in total. The number of nitrogens with one attached hydrogen (secondary N) is 2. The number of halogens is 1. The number of carbonyl (C=O) groups excluding carboxylic acids is 1. The van der Waals surface area contributed by atoms with Crippen molar-refractivity contribution in [3.8, 4) is 0 Å². The van der Waals surface area contributed by atoms with Crippen molar-refractivity contribution in [2.75, 3.05) is 11.9 Å². The number of hydrogen-bond acceptors (Lipinski definition) is 2. The van der Waals surface area contributed by atoms with Gasteiger partial charge in [0.05, 0.1) is 12.6 Å². The molecule has 1 unspecified atom stereocenters. The summed E-state index contributed by atoms with van der Waals surface area (Å²) in [5.41, 5.74) is 2.76. The lowest BCUT2D eigenvalue weighted by Crippen LogP contribution is -2.37. The summed E-state index contributed by atoms with van der Waals surface area (Å²) in [6.07, 6.45) is -0.727. The zero-order valence-corrected chi connectivity index (χ0v) is 15.9. The maximum atomic E-state index is 12.1. The first kappa shape index (κ1) is 18.3. The Kier molecular flexibility index (Phi) is 5.19. The van der Waals surface area contributed by atoms with Gasteiger partial charge in [0.25, 0.3) is 0 Å². The molecule has 0 aliphatic rings. The van der Waals surface area contributed by atoms with Gasteiger partial charge >= 0.3 is 6.03 Å². The van der Waals surface area contributed by atoms with Gasteiger partial charge in [-0.3, -0.25) is 0 Å². The Morgan fingerprint density at radius 1 is 0.929 bits per heavy atom. The molecule has 1 heterocycles. The van der Waals surface area contributed by atoms with E-state index in [2.05, 4.69) is 27.3 Å². The lowest BCUT2D eigenvalue weighted by atomic mass is 10.2. The van der Waals surface area contributed by atoms with Crippen LogP contribution in [0.4, 0.5) is 10.5 Å². The summed E-state index contributed by atoms with van der Waals surface area (Å²) in [7, 11) is 0. The van der Waals surface area contributed by atoms with Crippen LogP contribution in [0.25, 0.3) is 21.8 Å². The fourth-order valence-corrected chi connectivity index (χ4v) is 3.52. The summed E-state index contributed by atoms with van der Waals surface area (Å²) in [5, 5.41) is 18.8. The Hall–Kier alpha value is -3.02. The van der Waals surface area contributed by atoms with E-state index in [0.717, 1.165) is 21.8 Å². The Morgan fingerprint density at radius 3 is 2.11 bits per heavy atom. The van der Waals surface area contributed by atoms with Crippen LogP contribution < -0.4 is 10.6 Å². The number of nitrogens with zero attached hydrogens (tertiary/aromatic N) is 1. The molecule has 28 heavy (non-hydrogen) atoms. The molecule has 0 aliphatic heterocycles. The van der Waals surface area contributed by atoms with Crippen LogP contribution in [0.5, 0.6) is 0 Å². The van der Waals surface area contributed by atoms with Gasteiger partial charge in [0, 0.05) is 39.1 Å². The first-order chi connectivity index (χ1) is 13.6. The van der Waals surface area contributed by atoms with Crippen LogP contribution in [0.3, 0.4) is 0 Å². The molecular weight excluding hydrogens is 374 g/mol. The molecule has 0 saturated heterocycles. The van der Waals surface area contributed by atoms with E-state index >= 15 is 0 Å². The van der Waals surface area contributed by atoms with Crippen LogP contribution in [0, 0.1) is 0 Å². The van der Waals surface area contributed by atoms with Gasteiger partial charge in [0.15, 0.2) is 0 Å². The number of aromatic nitrogens is 1. The predicted molar refractivity (Wildman–Crippen MR) is 114 cm³/mol. The molecule has 6 heteroatoms. The average molecular weight is 394 g/mol. The summed E-state index contributed by atoms with van der Waals surface area (Å²) in [4.78, 5) is 12.1. The predicted octanol–water partition coefficient (Wildman–Crippen LogP) is 4.63. The molecule has 1 aromatic heterocycles.